The Morgan fingerprint density at radius 1 is 1.40 bits per heavy atom. The number of ether oxygens (including phenoxy) is 2. The Kier molecular flexibility index (Phi) is 4.38. The molecule has 2 heterocycles. The summed E-state index contributed by atoms with van der Waals surface area (Å²) in [4.78, 5) is 11.1. The van der Waals surface area contributed by atoms with Gasteiger partial charge in [-0.3, -0.25) is 0 Å². The number of halogens is 1. The average Bonchev–Trinajstić information content (AvgIpc) is 2.46. The number of morpholine rings is 1. The number of fused-ring (bicyclic) bond motifs is 1. The van der Waals surface area contributed by atoms with Crippen molar-refractivity contribution in [3.8, 4) is 0 Å². The minimum absolute atomic E-state index is 0.331. The molecule has 3 rings (SSSR count). The molecule has 0 N–H and O–H groups in total. The van der Waals surface area contributed by atoms with Crippen LogP contribution in [0.5, 0.6) is 0 Å². The predicted octanol–water partition coefficient (Wildman–Crippen LogP) is 2.42. The van der Waals surface area contributed by atoms with E-state index in [1.165, 1.54) is 12.8 Å². The van der Waals surface area contributed by atoms with Gasteiger partial charge in [0.25, 0.3) is 0 Å². The molecule has 5 nitrogen and oxygen atoms in total. The van der Waals surface area contributed by atoms with Crippen LogP contribution in [0.2, 0.25) is 5.15 Å². The van der Waals surface area contributed by atoms with Crippen LogP contribution in [-0.2, 0) is 16.1 Å². The van der Waals surface area contributed by atoms with Gasteiger partial charge in [0.15, 0.2) is 5.82 Å². The van der Waals surface area contributed by atoms with E-state index >= 15 is 0 Å². The van der Waals surface area contributed by atoms with E-state index in [0.717, 1.165) is 31.8 Å². The molecule has 1 aliphatic heterocycles. The van der Waals surface area contributed by atoms with Gasteiger partial charge in [0.05, 0.1) is 18.8 Å². The highest BCUT2D eigenvalue weighted by atomic mass is 35.5. The molecule has 110 valence electrons. The Bertz CT molecular complexity index is 470. The Labute approximate surface area is 124 Å². The van der Waals surface area contributed by atoms with Crippen LogP contribution in [0.15, 0.2) is 6.07 Å². The highest BCUT2D eigenvalue weighted by Crippen LogP contribution is 2.31. The van der Waals surface area contributed by atoms with E-state index in [2.05, 4.69) is 14.9 Å². The molecule has 0 radical (unpaired) electrons. The van der Waals surface area contributed by atoms with Gasteiger partial charge in [0.2, 0.25) is 0 Å². The van der Waals surface area contributed by atoms with Crippen molar-refractivity contribution in [2.45, 2.75) is 44.4 Å². The van der Waals surface area contributed by atoms with Crippen molar-refractivity contribution < 1.29 is 9.47 Å². The summed E-state index contributed by atoms with van der Waals surface area (Å²) < 4.78 is 11.0. The summed E-state index contributed by atoms with van der Waals surface area (Å²) in [5.74, 6) is 1.53. The van der Waals surface area contributed by atoms with E-state index in [1.807, 2.05) is 6.07 Å². The summed E-state index contributed by atoms with van der Waals surface area (Å²) in [6.07, 6.45) is 5.15. The third-order valence-corrected chi connectivity index (χ3v) is 4.22. The maximum atomic E-state index is 6.12. The van der Waals surface area contributed by atoms with Gasteiger partial charge < -0.3 is 14.4 Å². The summed E-state index contributed by atoms with van der Waals surface area (Å²) >= 11 is 6.12. The molecule has 2 atom stereocenters. The Morgan fingerprint density at radius 3 is 3.10 bits per heavy atom. The van der Waals surface area contributed by atoms with Crippen molar-refractivity contribution in [2.24, 2.45) is 0 Å². The predicted molar refractivity (Wildman–Crippen MR) is 77.1 cm³/mol. The molecule has 1 saturated heterocycles. The van der Waals surface area contributed by atoms with Gasteiger partial charge in [-0.2, -0.15) is 0 Å². The first-order valence-corrected chi connectivity index (χ1v) is 7.56. The van der Waals surface area contributed by atoms with Crippen LogP contribution >= 0.6 is 11.6 Å². The summed E-state index contributed by atoms with van der Waals surface area (Å²) in [7, 11) is 1.63. The normalized spacial score (nSPS) is 26.4. The molecule has 6 heteroatoms. The lowest BCUT2D eigenvalue weighted by molar-refractivity contribution is -0.00903. The highest BCUT2D eigenvalue weighted by molar-refractivity contribution is 6.29. The first kappa shape index (κ1) is 14.0. The van der Waals surface area contributed by atoms with E-state index in [0.29, 0.717) is 29.7 Å². The molecular formula is C14H20ClN3O2. The van der Waals surface area contributed by atoms with Crippen LogP contribution in [0, 0.1) is 0 Å². The second-order valence-corrected chi connectivity index (χ2v) is 5.74. The third-order valence-electron chi connectivity index (χ3n) is 4.03. The Balaban J connectivity index is 1.86. The van der Waals surface area contributed by atoms with Crippen molar-refractivity contribution in [1.82, 2.24) is 9.97 Å². The maximum absolute atomic E-state index is 6.12. The van der Waals surface area contributed by atoms with Crippen molar-refractivity contribution >= 4 is 17.4 Å². The van der Waals surface area contributed by atoms with Crippen LogP contribution in [0.25, 0.3) is 0 Å². The Hall–Kier alpha value is -0.910. The fraction of sp³-hybridized carbons (Fsp3) is 0.714. The van der Waals surface area contributed by atoms with Gasteiger partial charge in [-0.1, -0.05) is 24.4 Å². The lowest BCUT2D eigenvalue weighted by Crippen LogP contribution is -2.53. The Morgan fingerprint density at radius 2 is 2.25 bits per heavy atom. The second-order valence-electron chi connectivity index (χ2n) is 5.35. The molecule has 1 aromatic heterocycles. The van der Waals surface area contributed by atoms with Crippen LogP contribution in [-0.4, -0.2) is 42.4 Å². The number of methoxy groups -OCH3 is 1. The minimum Gasteiger partial charge on any atom is -0.377 e. The molecule has 0 bridgehead atoms. The summed E-state index contributed by atoms with van der Waals surface area (Å²) in [5.41, 5.74) is 0. The highest BCUT2D eigenvalue weighted by Gasteiger charge is 2.35. The monoisotopic (exact) mass is 297 g/mol. The molecule has 0 aromatic carbocycles. The van der Waals surface area contributed by atoms with Gasteiger partial charge in [0, 0.05) is 19.7 Å². The zero-order valence-corrected chi connectivity index (χ0v) is 12.5. The van der Waals surface area contributed by atoms with Crippen LogP contribution < -0.4 is 4.90 Å². The molecule has 2 aliphatic rings. The van der Waals surface area contributed by atoms with Gasteiger partial charge in [-0.05, 0) is 12.8 Å². The largest absolute Gasteiger partial charge is 0.377 e. The topological polar surface area (TPSA) is 47.5 Å². The van der Waals surface area contributed by atoms with E-state index in [4.69, 9.17) is 21.1 Å². The maximum Gasteiger partial charge on any atom is 0.158 e. The SMILES string of the molecule is COCc1nc(Cl)cc(N2CCOC3CCCCC32)n1. The summed E-state index contributed by atoms with van der Waals surface area (Å²) in [6, 6.07) is 2.26. The molecule has 0 spiro atoms. The number of anilines is 1. The van der Waals surface area contributed by atoms with E-state index in [-0.39, 0.29) is 0 Å². The molecule has 20 heavy (non-hydrogen) atoms. The molecule has 2 unspecified atom stereocenters. The van der Waals surface area contributed by atoms with Crippen molar-refractivity contribution in [2.75, 3.05) is 25.2 Å². The lowest BCUT2D eigenvalue weighted by atomic mass is 9.90. The number of hydrogen-bond acceptors (Lipinski definition) is 5. The summed E-state index contributed by atoms with van der Waals surface area (Å²) in [5, 5.41) is 0.473. The molecular weight excluding hydrogens is 278 g/mol. The van der Waals surface area contributed by atoms with Gasteiger partial charge in [-0.15, -0.1) is 0 Å². The summed E-state index contributed by atoms with van der Waals surface area (Å²) in [6.45, 7) is 2.00. The average molecular weight is 298 g/mol. The number of aromatic nitrogens is 2. The van der Waals surface area contributed by atoms with Crippen LogP contribution in [0.4, 0.5) is 5.82 Å². The molecule has 1 aromatic rings. The van der Waals surface area contributed by atoms with Gasteiger partial charge in [-0.25, -0.2) is 9.97 Å². The van der Waals surface area contributed by atoms with Crippen molar-refractivity contribution in [3.05, 3.63) is 17.0 Å². The molecule has 2 fully saturated rings. The minimum atomic E-state index is 0.331. The third kappa shape index (κ3) is 2.90. The van der Waals surface area contributed by atoms with Crippen LogP contribution in [0.1, 0.15) is 31.5 Å². The van der Waals surface area contributed by atoms with E-state index in [9.17, 15) is 0 Å². The molecule has 0 amide bonds. The fourth-order valence-electron chi connectivity index (χ4n) is 3.17. The fourth-order valence-corrected chi connectivity index (χ4v) is 3.37. The number of hydrogen-bond donors (Lipinski definition) is 0. The van der Waals surface area contributed by atoms with Gasteiger partial charge in [0.1, 0.15) is 17.6 Å². The molecule has 1 aliphatic carbocycles. The van der Waals surface area contributed by atoms with Crippen molar-refractivity contribution in [3.63, 3.8) is 0 Å². The number of nitrogens with zero attached hydrogens (tertiary/aromatic N) is 3. The first-order valence-electron chi connectivity index (χ1n) is 7.18. The standard InChI is InChI=1S/C14H20ClN3O2/c1-19-9-13-16-12(15)8-14(17-13)18-6-7-20-11-5-3-2-4-10(11)18/h8,10-11H,2-7,9H2,1H3. The van der Waals surface area contributed by atoms with E-state index in [1.54, 1.807) is 7.11 Å². The smallest absolute Gasteiger partial charge is 0.158 e. The number of rotatable bonds is 3. The van der Waals surface area contributed by atoms with Crippen molar-refractivity contribution in [1.29, 1.82) is 0 Å². The zero-order chi connectivity index (χ0) is 13.9. The molecule has 1 saturated carbocycles. The quantitative estimate of drug-likeness (QED) is 0.802. The van der Waals surface area contributed by atoms with Gasteiger partial charge >= 0.3 is 0 Å². The van der Waals surface area contributed by atoms with Crippen LogP contribution in [0.3, 0.4) is 0 Å². The lowest BCUT2D eigenvalue weighted by Gasteiger charge is -2.44. The zero-order valence-electron chi connectivity index (χ0n) is 11.7. The second kappa shape index (κ2) is 6.24. The van der Waals surface area contributed by atoms with E-state index < -0.39 is 0 Å². The first-order chi connectivity index (χ1) is 9.78.